The number of hydrogen-bond donors (Lipinski definition) is 1. The zero-order valence-corrected chi connectivity index (χ0v) is 18.1. The molecule has 7 heteroatoms. The number of pyridine rings is 1. The van der Waals surface area contributed by atoms with Crippen molar-refractivity contribution >= 4 is 5.96 Å². The molecule has 1 unspecified atom stereocenters. The fourth-order valence-electron chi connectivity index (χ4n) is 3.48. The summed E-state index contributed by atoms with van der Waals surface area (Å²) in [6, 6.07) is 11.5. The van der Waals surface area contributed by atoms with Crippen molar-refractivity contribution in [1.82, 2.24) is 15.2 Å². The Hall–Kier alpha value is -2.80. The van der Waals surface area contributed by atoms with Crippen molar-refractivity contribution in [2.24, 2.45) is 10.9 Å². The van der Waals surface area contributed by atoms with Gasteiger partial charge in [0.15, 0.2) is 17.5 Å². The van der Waals surface area contributed by atoms with Crippen LogP contribution in [0.2, 0.25) is 0 Å². The van der Waals surface area contributed by atoms with Crippen LogP contribution < -0.4 is 14.8 Å². The largest absolute Gasteiger partial charge is 0.490 e. The first kappa shape index (κ1) is 21.9. The van der Waals surface area contributed by atoms with E-state index in [9.17, 15) is 0 Å². The van der Waals surface area contributed by atoms with E-state index in [1.807, 2.05) is 49.5 Å². The Kier molecular flexibility index (Phi) is 8.32. The van der Waals surface area contributed by atoms with Gasteiger partial charge in [-0.05, 0) is 38.0 Å². The van der Waals surface area contributed by atoms with Crippen LogP contribution in [0.3, 0.4) is 0 Å². The van der Waals surface area contributed by atoms with E-state index in [0.717, 1.165) is 44.2 Å². The maximum Gasteiger partial charge on any atom is 0.219 e. The summed E-state index contributed by atoms with van der Waals surface area (Å²) in [4.78, 5) is 11.5. The SMILES string of the molecule is CCNC(=NCc1ccc(Oc2ccccc2OCC)nc1)N1CCC(COC)C1. The summed E-state index contributed by atoms with van der Waals surface area (Å²) in [6.45, 7) is 8.81. The molecule has 30 heavy (non-hydrogen) atoms. The number of rotatable bonds is 9. The average Bonchev–Trinajstić information content (AvgIpc) is 3.22. The van der Waals surface area contributed by atoms with Crippen LogP contribution in [0.15, 0.2) is 47.6 Å². The van der Waals surface area contributed by atoms with Gasteiger partial charge in [0.25, 0.3) is 0 Å². The summed E-state index contributed by atoms with van der Waals surface area (Å²) in [5.41, 5.74) is 1.03. The van der Waals surface area contributed by atoms with E-state index < -0.39 is 0 Å². The second-order valence-corrected chi connectivity index (χ2v) is 7.21. The fraction of sp³-hybridized carbons (Fsp3) is 0.478. The van der Waals surface area contributed by atoms with Crippen LogP contribution in [0.4, 0.5) is 0 Å². The third kappa shape index (κ3) is 6.10. The number of aliphatic imine (C=N–C) groups is 1. The molecule has 0 saturated carbocycles. The van der Waals surface area contributed by atoms with Crippen LogP contribution in [-0.2, 0) is 11.3 Å². The van der Waals surface area contributed by atoms with Gasteiger partial charge >= 0.3 is 0 Å². The van der Waals surface area contributed by atoms with Crippen molar-refractivity contribution in [2.75, 3.05) is 40.0 Å². The Morgan fingerprint density at radius 1 is 1.20 bits per heavy atom. The smallest absolute Gasteiger partial charge is 0.219 e. The molecule has 0 aliphatic carbocycles. The average molecular weight is 413 g/mol. The summed E-state index contributed by atoms with van der Waals surface area (Å²) in [5.74, 6) is 3.41. The predicted octanol–water partition coefficient (Wildman–Crippen LogP) is 3.71. The van der Waals surface area contributed by atoms with Gasteiger partial charge < -0.3 is 24.4 Å². The highest BCUT2D eigenvalue weighted by molar-refractivity contribution is 5.80. The Bertz CT molecular complexity index is 810. The second kappa shape index (κ2) is 11.4. The Morgan fingerprint density at radius 2 is 2.03 bits per heavy atom. The number of nitrogens with zero attached hydrogens (tertiary/aromatic N) is 3. The standard InChI is InChI=1S/C23H32N4O3/c1-4-24-23(27-13-12-19(16-27)17-28-3)26-15-18-10-11-22(25-14-18)30-21-9-7-6-8-20(21)29-5-2/h6-11,14,19H,4-5,12-13,15-17H2,1-3H3,(H,24,26). The number of likely N-dealkylation sites (tertiary alicyclic amines) is 1. The number of hydrogen-bond acceptors (Lipinski definition) is 5. The van der Waals surface area contributed by atoms with E-state index in [-0.39, 0.29) is 0 Å². The molecule has 0 bridgehead atoms. The van der Waals surface area contributed by atoms with Gasteiger partial charge in [0.1, 0.15) is 0 Å². The fourth-order valence-corrected chi connectivity index (χ4v) is 3.48. The zero-order chi connectivity index (χ0) is 21.2. The number of benzene rings is 1. The molecule has 1 saturated heterocycles. The molecule has 1 aliphatic rings. The maximum atomic E-state index is 5.89. The molecule has 0 amide bonds. The van der Waals surface area contributed by atoms with Crippen LogP contribution in [0.1, 0.15) is 25.8 Å². The lowest BCUT2D eigenvalue weighted by Crippen LogP contribution is -2.40. The first-order valence-corrected chi connectivity index (χ1v) is 10.6. The lowest BCUT2D eigenvalue weighted by molar-refractivity contribution is 0.157. The predicted molar refractivity (Wildman–Crippen MR) is 118 cm³/mol. The van der Waals surface area contributed by atoms with Gasteiger partial charge in [-0.25, -0.2) is 9.98 Å². The molecule has 2 aromatic rings. The number of methoxy groups -OCH3 is 1. The highest BCUT2D eigenvalue weighted by Gasteiger charge is 2.24. The molecule has 1 atom stereocenters. The molecule has 162 valence electrons. The molecule has 0 radical (unpaired) electrons. The summed E-state index contributed by atoms with van der Waals surface area (Å²) in [7, 11) is 1.76. The number of aromatic nitrogens is 1. The molecular weight excluding hydrogens is 380 g/mol. The van der Waals surface area contributed by atoms with Gasteiger partial charge in [0, 0.05) is 44.9 Å². The third-order valence-electron chi connectivity index (χ3n) is 4.90. The van der Waals surface area contributed by atoms with Crippen LogP contribution in [0.25, 0.3) is 0 Å². The van der Waals surface area contributed by atoms with Crippen LogP contribution >= 0.6 is 0 Å². The van der Waals surface area contributed by atoms with E-state index >= 15 is 0 Å². The van der Waals surface area contributed by atoms with Gasteiger partial charge in [0.2, 0.25) is 5.88 Å². The van der Waals surface area contributed by atoms with Gasteiger partial charge in [-0.15, -0.1) is 0 Å². The highest BCUT2D eigenvalue weighted by Crippen LogP contribution is 2.30. The maximum absolute atomic E-state index is 5.89. The zero-order valence-electron chi connectivity index (χ0n) is 18.1. The number of nitrogens with one attached hydrogen (secondary N) is 1. The second-order valence-electron chi connectivity index (χ2n) is 7.21. The van der Waals surface area contributed by atoms with Crippen molar-refractivity contribution in [2.45, 2.75) is 26.8 Å². The quantitative estimate of drug-likeness (QED) is 0.500. The van der Waals surface area contributed by atoms with Crippen molar-refractivity contribution in [3.05, 3.63) is 48.2 Å². The molecular formula is C23H32N4O3. The molecule has 0 spiro atoms. The molecule has 2 heterocycles. The monoisotopic (exact) mass is 412 g/mol. The Labute approximate surface area is 179 Å². The van der Waals surface area contributed by atoms with Gasteiger partial charge in [-0.2, -0.15) is 0 Å². The van der Waals surface area contributed by atoms with Crippen molar-refractivity contribution in [1.29, 1.82) is 0 Å². The summed E-state index contributed by atoms with van der Waals surface area (Å²) < 4.78 is 16.8. The van der Waals surface area contributed by atoms with E-state index in [4.69, 9.17) is 19.2 Å². The van der Waals surface area contributed by atoms with Gasteiger partial charge in [-0.1, -0.05) is 18.2 Å². The Balaban J connectivity index is 1.61. The van der Waals surface area contributed by atoms with E-state index in [1.165, 1.54) is 0 Å². The summed E-state index contributed by atoms with van der Waals surface area (Å²) in [6.07, 6.45) is 2.94. The normalized spacial score (nSPS) is 16.6. The number of para-hydroxylation sites is 2. The van der Waals surface area contributed by atoms with Crippen molar-refractivity contribution in [3.8, 4) is 17.4 Å². The minimum Gasteiger partial charge on any atom is -0.490 e. The van der Waals surface area contributed by atoms with Gasteiger partial charge in [-0.3, -0.25) is 0 Å². The molecule has 1 N–H and O–H groups in total. The summed E-state index contributed by atoms with van der Waals surface area (Å²) in [5, 5.41) is 3.40. The van der Waals surface area contributed by atoms with Crippen LogP contribution in [0, 0.1) is 5.92 Å². The van der Waals surface area contributed by atoms with E-state index in [1.54, 1.807) is 7.11 Å². The van der Waals surface area contributed by atoms with Crippen molar-refractivity contribution < 1.29 is 14.2 Å². The molecule has 1 aromatic heterocycles. The van der Waals surface area contributed by atoms with Gasteiger partial charge in [0.05, 0.1) is 19.8 Å². The number of guanidine groups is 1. The molecule has 1 fully saturated rings. The van der Waals surface area contributed by atoms with Crippen LogP contribution in [-0.4, -0.2) is 55.8 Å². The minimum atomic E-state index is 0.531. The number of ether oxygens (including phenoxy) is 3. The molecule has 3 rings (SSSR count). The molecule has 1 aliphatic heterocycles. The lowest BCUT2D eigenvalue weighted by atomic mass is 10.1. The van der Waals surface area contributed by atoms with Crippen LogP contribution in [0.5, 0.6) is 17.4 Å². The van der Waals surface area contributed by atoms with E-state index in [0.29, 0.717) is 36.4 Å². The third-order valence-corrected chi connectivity index (χ3v) is 4.90. The van der Waals surface area contributed by atoms with E-state index in [2.05, 4.69) is 22.1 Å². The minimum absolute atomic E-state index is 0.531. The Morgan fingerprint density at radius 3 is 2.73 bits per heavy atom. The first-order chi connectivity index (χ1) is 14.7. The lowest BCUT2D eigenvalue weighted by Gasteiger charge is -2.21. The summed E-state index contributed by atoms with van der Waals surface area (Å²) >= 11 is 0. The first-order valence-electron chi connectivity index (χ1n) is 10.6. The topological polar surface area (TPSA) is 68.2 Å². The molecule has 1 aromatic carbocycles. The van der Waals surface area contributed by atoms with Crippen molar-refractivity contribution in [3.63, 3.8) is 0 Å². The highest BCUT2D eigenvalue weighted by atomic mass is 16.5. The molecule has 7 nitrogen and oxygen atoms in total.